The van der Waals surface area contributed by atoms with E-state index in [-0.39, 0.29) is 5.91 Å². The summed E-state index contributed by atoms with van der Waals surface area (Å²) in [7, 11) is 1.63. The lowest BCUT2D eigenvalue weighted by Crippen LogP contribution is -2.31. The standard InChI is InChI=1S/C24H26BrN5O2S/c1-5-12-33-24-28-23-26-15(3)20(22(31)27-17-9-6-14(2)7-10-17)21(30(23)29-24)16-8-11-19(32-4)18(25)13-16/h6-11,13,21H,5,12H2,1-4H3,(H,27,31)(H,26,28,29). The molecule has 1 aromatic heterocycles. The minimum Gasteiger partial charge on any atom is -0.496 e. The van der Waals surface area contributed by atoms with Crippen LogP contribution in [0.1, 0.15) is 37.4 Å². The van der Waals surface area contributed by atoms with Crippen LogP contribution < -0.4 is 15.4 Å². The van der Waals surface area contributed by atoms with Gasteiger partial charge in [0.2, 0.25) is 11.1 Å². The molecule has 0 spiro atoms. The summed E-state index contributed by atoms with van der Waals surface area (Å²) in [5.74, 6) is 2.08. The van der Waals surface area contributed by atoms with Gasteiger partial charge in [-0.25, -0.2) is 4.68 Å². The first kappa shape index (κ1) is 23.4. The van der Waals surface area contributed by atoms with Gasteiger partial charge in [0.05, 0.1) is 17.2 Å². The number of rotatable bonds is 7. The fourth-order valence-corrected chi connectivity index (χ4v) is 4.92. The Morgan fingerprint density at radius 1 is 1.24 bits per heavy atom. The summed E-state index contributed by atoms with van der Waals surface area (Å²) < 4.78 is 8.00. The molecule has 4 rings (SSSR count). The molecule has 1 aliphatic heterocycles. The first-order chi connectivity index (χ1) is 15.9. The highest BCUT2D eigenvalue weighted by molar-refractivity contribution is 9.10. The number of halogens is 1. The summed E-state index contributed by atoms with van der Waals surface area (Å²) in [5.41, 5.74) is 4.09. The lowest BCUT2D eigenvalue weighted by Gasteiger charge is -2.29. The Bertz CT molecular complexity index is 1210. The van der Waals surface area contributed by atoms with Crippen LogP contribution in [0.3, 0.4) is 0 Å². The van der Waals surface area contributed by atoms with Crippen molar-refractivity contribution < 1.29 is 9.53 Å². The first-order valence-electron chi connectivity index (χ1n) is 10.7. The maximum absolute atomic E-state index is 13.5. The van der Waals surface area contributed by atoms with Gasteiger partial charge in [-0.05, 0) is 66.0 Å². The number of aromatic nitrogens is 3. The van der Waals surface area contributed by atoms with E-state index in [4.69, 9.17) is 9.84 Å². The molecule has 2 aromatic carbocycles. The predicted octanol–water partition coefficient (Wildman–Crippen LogP) is 5.79. The molecule has 7 nitrogen and oxygen atoms in total. The quantitative estimate of drug-likeness (QED) is 0.378. The van der Waals surface area contributed by atoms with Crippen LogP contribution in [0.5, 0.6) is 5.75 Å². The van der Waals surface area contributed by atoms with Crippen molar-refractivity contribution in [2.24, 2.45) is 0 Å². The van der Waals surface area contributed by atoms with E-state index in [0.717, 1.165) is 44.9 Å². The van der Waals surface area contributed by atoms with Gasteiger partial charge in [0.1, 0.15) is 11.8 Å². The summed E-state index contributed by atoms with van der Waals surface area (Å²) in [6, 6.07) is 13.1. The average molecular weight is 528 g/mol. The van der Waals surface area contributed by atoms with Crippen molar-refractivity contribution in [3.8, 4) is 5.75 Å². The number of fused-ring (bicyclic) bond motifs is 1. The van der Waals surface area contributed by atoms with Crippen molar-refractivity contribution in [3.63, 3.8) is 0 Å². The van der Waals surface area contributed by atoms with Crippen molar-refractivity contribution in [2.45, 2.75) is 38.4 Å². The van der Waals surface area contributed by atoms with Gasteiger partial charge in [0.25, 0.3) is 5.91 Å². The second kappa shape index (κ2) is 10.0. The Hall–Kier alpha value is -2.78. The zero-order valence-corrected chi connectivity index (χ0v) is 21.4. The fraction of sp³-hybridized carbons (Fsp3) is 0.292. The van der Waals surface area contributed by atoms with Gasteiger partial charge >= 0.3 is 0 Å². The van der Waals surface area contributed by atoms with Crippen molar-refractivity contribution >= 4 is 45.2 Å². The van der Waals surface area contributed by atoms with Gasteiger partial charge in [0.15, 0.2) is 0 Å². The van der Waals surface area contributed by atoms with E-state index in [0.29, 0.717) is 16.7 Å². The van der Waals surface area contributed by atoms with E-state index in [1.807, 2.05) is 56.3 Å². The van der Waals surface area contributed by atoms with E-state index < -0.39 is 6.04 Å². The number of nitrogens with one attached hydrogen (secondary N) is 2. The van der Waals surface area contributed by atoms with Crippen molar-refractivity contribution in [1.29, 1.82) is 0 Å². The molecular formula is C24H26BrN5O2S. The number of thioether (sulfide) groups is 1. The number of amides is 1. The summed E-state index contributed by atoms with van der Waals surface area (Å²) in [6.45, 7) is 6.03. The minimum absolute atomic E-state index is 0.190. The SMILES string of the molecule is CCCSc1nc2n(n1)C(c1ccc(OC)c(Br)c1)C(C(=O)Nc1ccc(C)cc1)=C(C)N2. The van der Waals surface area contributed by atoms with Crippen molar-refractivity contribution in [1.82, 2.24) is 14.8 Å². The monoisotopic (exact) mass is 527 g/mol. The Morgan fingerprint density at radius 3 is 2.67 bits per heavy atom. The smallest absolute Gasteiger partial charge is 0.255 e. The van der Waals surface area contributed by atoms with Gasteiger partial charge in [0, 0.05) is 17.1 Å². The topological polar surface area (TPSA) is 81.1 Å². The number of benzene rings is 2. The Balaban J connectivity index is 1.77. The first-order valence-corrected chi connectivity index (χ1v) is 12.5. The minimum atomic E-state index is -0.447. The molecule has 2 heterocycles. The Morgan fingerprint density at radius 2 is 2.00 bits per heavy atom. The van der Waals surface area contributed by atoms with E-state index in [2.05, 4.69) is 38.5 Å². The number of allylic oxidation sites excluding steroid dienone is 1. The third-order valence-electron chi connectivity index (χ3n) is 5.31. The third-order valence-corrected chi connectivity index (χ3v) is 6.98. The summed E-state index contributed by atoms with van der Waals surface area (Å²) in [4.78, 5) is 18.2. The number of hydrogen-bond donors (Lipinski definition) is 2. The summed E-state index contributed by atoms with van der Waals surface area (Å²) in [5, 5.41) is 11.8. The molecule has 172 valence electrons. The highest BCUT2D eigenvalue weighted by Crippen LogP contribution is 2.39. The van der Waals surface area contributed by atoms with Gasteiger partial charge in [-0.1, -0.05) is 42.4 Å². The highest BCUT2D eigenvalue weighted by Gasteiger charge is 2.34. The molecule has 0 aliphatic carbocycles. The average Bonchev–Trinajstić information content (AvgIpc) is 3.20. The normalized spacial score (nSPS) is 15.1. The largest absolute Gasteiger partial charge is 0.496 e. The number of carbonyl (C=O) groups excluding carboxylic acids is 1. The molecule has 0 radical (unpaired) electrons. The molecule has 1 amide bonds. The number of ether oxygens (including phenoxy) is 1. The van der Waals surface area contributed by atoms with Crippen LogP contribution in [0.4, 0.5) is 11.6 Å². The van der Waals surface area contributed by atoms with E-state index in [9.17, 15) is 4.79 Å². The molecule has 33 heavy (non-hydrogen) atoms. The number of nitrogens with zero attached hydrogens (tertiary/aromatic N) is 3. The molecule has 9 heteroatoms. The maximum atomic E-state index is 13.5. The number of methoxy groups -OCH3 is 1. The summed E-state index contributed by atoms with van der Waals surface area (Å²) >= 11 is 5.18. The van der Waals surface area contributed by atoms with Crippen molar-refractivity contribution in [2.75, 3.05) is 23.5 Å². The van der Waals surface area contributed by atoms with E-state index >= 15 is 0 Å². The van der Waals surface area contributed by atoms with E-state index in [1.54, 1.807) is 23.6 Å². The van der Waals surface area contributed by atoms with Gasteiger partial charge in [-0.15, -0.1) is 5.10 Å². The molecular weight excluding hydrogens is 502 g/mol. The second-order valence-electron chi connectivity index (χ2n) is 7.79. The van der Waals surface area contributed by atoms with Gasteiger partial charge in [-0.2, -0.15) is 4.98 Å². The van der Waals surface area contributed by atoms with Crippen LogP contribution in [-0.2, 0) is 4.79 Å². The lowest BCUT2D eigenvalue weighted by atomic mass is 9.95. The van der Waals surface area contributed by atoms with Gasteiger partial charge in [-0.3, -0.25) is 4.79 Å². The summed E-state index contributed by atoms with van der Waals surface area (Å²) in [6.07, 6.45) is 1.03. The lowest BCUT2D eigenvalue weighted by molar-refractivity contribution is -0.113. The fourth-order valence-electron chi connectivity index (χ4n) is 3.68. The number of hydrogen-bond acceptors (Lipinski definition) is 6. The Kier molecular flexibility index (Phi) is 7.09. The number of carbonyl (C=O) groups is 1. The van der Waals surface area contributed by atoms with Gasteiger partial charge < -0.3 is 15.4 Å². The third kappa shape index (κ3) is 4.94. The molecule has 0 saturated carbocycles. The molecule has 0 fully saturated rings. The van der Waals surface area contributed by atoms with Crippen LogP contribution in [0.15, 0.2) is 63.4 Å². The zero-order valence-electron chi connectivity index (χ0n) is 19.0. The Labute approximate surface area is 206 Å². The molecule has 0 bridgehead atoms. The zero-order chi connectivity index (χ0) is 23.5. The second-order valence-corrected chi connectivity index (χ2v) is 9.71. The van der Waals surface area contributed by atoms with Crippen LogP contribution >= 0.6 is 27.7 Å². The van der Waals surface area contributed by atoms with E-state index in [1.165, 1.54) is 0 Å². The maximum Gasteiger partial charge on any atom is 0.255 e. The van der Waals surface area contributed by atoms with Crippen molar-refractivity contribution in [3.05, 3.63) is 69.3 Å². The van der Waals surface area contributed by atoms with Crippen LogP contribution in [0.2, 0.25) is 0 Å². The highest BCUT2D eigenvalue weighted by atomic mass is 79.9. The number of anilines is 2. The molecule has 1 unspecified atom stereocenters. The van der Waals surface area contributed by atoms with Crippen LogP contribution in [0.25, 0.3) is 0 Å². The number of aryl methyl sites for hydroxylation is 1. The molecule has 2 N–H and O–H groups in total. The molecule has 3 aromatic rings. The predicted molar refractivity (Wildman–Crippen MR) is 136 cm³/mol. The van der Waals surface area contributed by atoms with Crippen LogP contribution in [-0.4, -0.2) is 33.5 Å². The molecule has 0 saturated heterocycles. The molecule has 1 atom stereocenters. The van der Waals surface area contributed by atoms with Crippen LogP contribution in [0, 0.1) is 6.92 Å². The molecule has 1 aliphatic rings.